The molecule has 5 rings (SSSR count). The highest BCUT2D eigenvalue weighted by molar-refractivity contribution is 5.83. The monoisotopic (exact) mass is 350 g/mol. The summed E-state index contributed by atoms with van der Waals surface area (Å²) in [6.07, 6.45) is 0.924. The SMILES string of the molecule is CC(Cc1ccccc1)(c1cc2ccccc2[nH]1)c1cc2ccccc2[nH]1. The largest absolute Gasteiger partial charge is 0.358 e. The molecule has 0 saturated carbocycles. The van der Waals surface area contributed by atoms with Crippen molar-refractivity contribution in [1.29, 1.82) is 0 Å². The van der Waals surface area contributed by atoms with Crippen LogP contribution < -0.4 is 0 Å². The van der Waals surface area contributed by atoms with Gasteiger partial charge in [0.2, 0.25) is 0 Å². The molecule has 3 aromatic carbocycles. The molecule has 0 bridgehead atoms. The second-order valence-electron chi connectivity index (χ2n) is 7.54. The fourth-order valence-electron chi connectivity index (χ4n) is 4.08. The molecular weight excluding hydrogens is 328 g/mol. The maximum Gasteiger partial charge on any atom is 0.0516 e. The Bertz CT molecular complexity index is 1070. The molecule has 0 fully saturated rings. The van der Waals surface area contributed by atoms with Gasteiger partial charge in [0.25, 0.3) is 0 Å². The standard InChI is InChI=1S/C25H22N2/c1-25(17-18-9-3-2-4-10-18,23-15-19-11-5-7-13-21(19)26-23)24-16-20-12-6-8-14-22(20)27-24/h2-16,26-27H,17H2,1H3. The van der Waals surface area contributed by atoms with E-state index in [2.05, 4.69) is 108 Å². The van der Waals surface area contributed by atoms with Crippen LogP contribution in [0.1, 0.15) is 23.9 Å². The van der Waals surface area contributed by atoms with Crippen LogP contribution in [-0.4, -0.2) is 9.97 Å². The van der Waals surface area contributed by atoms with Crippen molar-refractivity contribution in [1.82, 2.24) is 9.97 Å². The predicted octanol–water partition coefficient (Wildman–Crippen LogP) is 6.20. The number of aromatic amines is 2. The highest BCUT2D eigenvalue weighted by atomic mass is 14.8. The smallest absolute Gasteiger partial charge is 0.0516 e. The lowest BCUT2D eigenvalue weighted by atomic mass is 9.77. The predicted molar refractivity (Wildman–Crippen MR) is 113 cm³/mol. The molecule has 2 heteroatoms. The molecule has 5 aromatic rings. The van der Waals surface area contributed by atoms with E-state index >= 15 is 0 Å². The number of fused-ring (bicyclic) bond motifs is 2. The Hall–Kier alpha value is -3.26. The van der Waals surface area contributed by atoms with E-state index in [1.165, 1.54) is 38.8 Å². The normalized spacial score (nSPS) is 12.0. The first-order valence-corrected chi connectivity index (χ1v) is 9.43. The lowest BCUT2D eigenvalue weighted by Gasteiger charge is -2.28. The first-order valence-electron chi connectivity index (χ1n) is 9.43. The molecule has 2 N–H and O–H groups in total. The number of H-pyrrole nitrogens is 2. The summed E-state index contributed by atoms with van der Waals surface area (Å²) in [6.45, 7) is 2.33. The lowest BCUT2D eigenvalue weighted by Crippen LogP contribution is -2.27. The Morgan fingerprint density at radius 1 is 0.630 bits per heavy atom. The molecule has 0 amide bonds. The molecule has 0 radical (unpaired) electrons. The summed E-state index contributed by atoms with van der Waals surface area (Å²) in [5, 5.41) is 2.51. The third kappa shape index (κ3) is 2.74. The Morgan fingerprint density at radius 2 is 1.11 bits per heavy atom. The van der Waals surface area contributed by atoms with Crippen LogP contribution in [0.2, 0.25) is 0 Å². The Labute approximate surface area is 158 Å². The summed E-state index contributed by atoms with van der Waals surface area (Å²) >= 11 is 0. The minimum atomic E-state index is -0.181. The highest BCUT2D eigenvalue weighted by Crippen LogP contribution is 2.37. The van der Waals surface area contributed by atoms with E-state index in [0.29, 0.717) is 0 Å². The van der Waals surface area contributed by atoms with Crippen molar-refractivity contribution in [3.8, 4) is 0 Å². The molecule has 0 aliphatic heterocycles. The summed E-state index contributed by atoms with van der Waals surface area (Å²) < 4.78 is 0. The first-order chi connectivity index (χ1) is 13.2. The van der Waals surface area contributed by atoms with Gasteiger partial charge in [0, 0.05) is 22.4 Å². The summed E-state index contributed by atoms with van der Waals surface area (Å²) in [6, 6.07) is 32.3. The van der Waals surface area contributed by atoms with Crippen molar-refractivity contribution in [2.45, 2.75) is 18.8 Å². The number of nitrogens with one attached hydrogen (secondary N) is 2. The molecule has 27 heavy (non-hydrogen) atoms. The molecule has 0 unspecified atom stereocenters. The van der Waals surface area contributed by atoms with Crippen LogP contribution in [0.5, 0.6) is 0 Å². The molecule has 132 valence electrons. The number of hydrogen-bond acceptors (Lipinski definition) is 0. The van der Waals surface area contributed by atoms with Gasteiger partial charge in [-0.05, 0) is 53.9 Å². The number of rotatable bonds is 4. The summed E-state index contributed by atoms with van der Waals surface area (Å²) in [5.74, 6) is 0. The molecule has 0 saturated heterocycles. The lowest BCUT2D eigenvalue weighted by molar-refractivity contribution is 0.540. The van der Waals surface area contributed by atoms with E-state index in [9.17, 15) is 0 Å². The van der Waals surface area contributed by atoms with Gasteiger partial charge in [0.1, 0.15) is 0 Å². The highest BCUT2D eigenvalue weighted by Gasteiger charge is 2.32. The van der Waals surface area contributed by atoms with Gasteiger partial charge in [0.05, 0.1) is 5.41 Å². The van der Waals surface area contributed by atoms with Gasteiger partial charge < -0.3 is 9.97 Å². The minimum absolute atomic E-state index is 0.181. The fraction of sp³-hybridized carbons (Fsp3) is 0.120. The van der Waals surface area contributed by atoms with Crippen LogP contribution in [0.15, 0.2) is 91.0 Å². The number of para-hydroxylation sites is 2. The van der Waals surface area contributed by atoms with Crippen LogP contribution >= 0.6 is 0 Å². The molecule has 2 heterocycles. The zero-order valence-electron chi connectivity index (χ0n) is 15.4. The average molecular weight is 350 g/mol. The van der Waals surface area contributed by atoms with E-state index in [0.717, 1.165) is 6.42 Å². The van der Waals surface area contributed by atoms with Crippen LogP contribution in [0.25, 0.3) is 21.8 Å². The minimum Gasteiger partial charge on any atom is -0.358 e. The first kappa shape index (κ1) is 16.0. The van der Waals surface area contributed by atoms with Gasteiger partial charge in [-0.25, -0.2) is 0 Å². The van der Waals surface area contributed by atoms with Gasteiger partial charge in [-0.1, -0.05) is 66.7 Å². The zero-order chi connectivity index (χ0) is 18.3. The van der Waals surface area contributed by atoms with Crippen LogP contribution in [0.4, 0.5) is 0 Å². The van der Waals surface area contributed by atoms with Gasteiger partial charge in [-0.3, -0.25) is 0 Å². The Morgan fingerprint density at radius 3 is 1.63 bits per heavy atom. The molecule has 0 aliphatic carbocycles. The van der Waals surface area contributed by atoms with Crippen molar-refractivity contribution in [3.63, 3.8) is 0 Å². The number of benzene rings is 3. The van der Waals surface area contributed by atoms with Crippen molar-refractivity contribution >= 4 is 21.8 Å². The van der Waals surface area contributed by atoms with Crippen LogP contribution in [0, 0.1) is 0 Å². The molecule has 2 aromatic heterocycles. The Balaban J connectivity index is 1.70. The summed E-state index contributed by atoms with van der Waals surface area (Å²) in [4.78, 5) is 7.36. The maximum absolute atomic E-state index is 3.68. The topological polar surface area (TPSA) is 31.6 Å². The van der Waals surface area contributed by atoms with E-state index in [-0.39, 0.29) is 5.41 Å². The molecule has 0 aliphatic rings. The van der Waals surface area contributed by atoms with Crippen molar-refractivity contribution in [3.05, 3.63) is 108 Å². The van der Waals surface area contributed by atoms with E-state index in [4.69, 9.17) is 0 Å². The third-order valence-corrected chi connectivity index (χ3v) is 5.65. The Kier molecular flexibility index (Phi) is 3.64. The van der Waals surface area contributed by atoms with Crippen LogP contribution in [0.3, 0.4) is 0 Å². The molecule has 0 spiro atoms. The zero-order valence-corrected chi connectivity index (χ0v) is 15.4. The van der Waals surface area contributed by atoms with Gasteiger partial charge in [-0.2, -0.15) is 0 Å². The van der Waals surface area contributed by atoms with Gasteiger partial charge in [-0.15, -0.1) is 0 Å². The van der Waals surface area contributed by atoms with E-state index < -0.39 is 0 Å². The van der Waals surface area contributed by atoms with E-state index in [1.807, 2.05) is 0 Å². The van der Waals surface area contributed by atoms with E-state index in [1.54, 1.807) is 0 Å². The van der Waals surface area contributed by atoms with Crippen molar-refractivity contribution in [2.24, 2.45) is 0 Å². The van der Waals surface area contributed by atoms with Gasteiger partial charge >= 0.3 is 0 Å². The summed E-state index contributed by atoms with van der Waals surface area (Å²) in [7, 11) is 0. The molecule has 2 nitrogen and oxygen atoms in total. The summed E-state index contributed by atoms with van der Waals surface area (Å²) in [5.41, 5.74) is 5.99. The molecule has 0 atom stereocenters. The van der Waals surface area contributed by atoms with Crippen molar-refractivity contribution in [2.75, 3.05) is 0 Å². The number of aromatic nitrogens is 2. The average Bonchev–Trinajstić information content (AvgIpc) is 3.33. The fourth-order valence-corrected chi connectivity index (χ4v) is 4.08. The third-order valence-electron chi connectivity index (χ3n) is 5.65. The van der Waals surface area contributed by atoms with Crippen LogP contribution in [-0.2, 0) is 11.8 Å². The van der Waals surface area contributed by atoms with Crippen molar-refractivity contribution < 1.29 is 0 Å². The number of hydrogen-bond donors (Lipinski definition) is 2. The second-order valence-corrected chi connectivity index (χ2v) is 7.54. The van der Waals surface area contributed by atoms with Gasteiger partial charge in [0.15, 0.2) is 0 Å². The maximum atomic E-state index is 3.68. The quantitative estimate of drug-likeness (QED) is 0.387. The molecular formula is C25H22N2. The second kappa shape index (κ2) is 6.17.